The fourth-order valence-electron chi connectivity index (χ4n) is 6.25. The Morgan fingerprint density at radius 3 is 2.63 bits per heavy atom. The van der Waals surface area contributed by atoms with Gasteiger partial charge in [-0.2, -0.15) is 0 Å². The molecule has 160 valence electrons. The number of hydrogen-bond donors (Lipinski definition) is 1. The molecule has 2 aromatic rings. The number of thioether (sulfide) groups is 1. The zero-order valence-corrected chi connectivity index (χ0v) is 18.1. The third-order valence-electron chi connectivity index (χ3n) is 6.99. The highest BCUT2D eigenvalue weighted by atomic mass is 32.2. The van der Waals surface area contributed by atoms with Crippen LogP contribution >= 0.6 is 11.8 Å². The summed E-state index contributed by atoms with van der Waals surface area (Å²) in [6.45, 7) is 0.798. The monoisotopic (exact) mass is 428 g/mol. The molecule has 4 saturated carbocycles. The van der Waals surface area contributed by atoms with Gasteiger partial charge in [-0.15, -0.1) is 0 Å². The molecule has 7 nitrogen and oxygen atoms in total. The van der Waals surface area contributed by atoms with Crippen LogP contribution in [0.4, 0.5) is 0 Å². The fraction of sp³-hybridized carbons (Fsp3) is 0.636. The second-order valence-electron chi connectivity index (χ2n) is 9.25. The van der Waals surface area contributed by atoms with Crippen molar-refractivity contribution in [2.24, 2.45) is 17.8 Å². The second-order valence-corrected chi connectivity index (χ2v) is 10.2. The fourth-order valence-corrected chi connectivity index (χ4v) is 7.07. The molecule has 0 aliphatic heterocycles. The van der Waals surface area contributed by atoms with E-state index in [1.54, 1.807) is 30.0 Å². The van der Waals surface area contributed by atoms with Gasteiger partial charge in [0.25, 0.3) is 5.56 Å². The van der Waals surface area contributed by atoms with Crippen molar-refractivity contribution in [1.82, 2.24) is 19.9 Å². The summed E-state index contributed by atoms with van der Waals surface area (Å²) >= 11 is 1.31. The molecular formula is C22H28N4O3S. The molecule has 6 rings (SSSR count). The maximum Gasteiger partial charge on any atom is 0.263 e. The van der Waals surface area contributed by atoms with E-state index in [1.165, 1.54) is 31.0 Å². The van der Waals surface area contributed by atoms with Crippen LogP contribution < -0.4 is 10.9 Å². The summed E-state index contributed by atoms with van der Waals surface area (Å²) in [5, 5.41) is 4.39. The normalized spacial score (nSPS) is 29.4. The lowest BCUT2D eigenvalue weighted by atomic mass is 9.53. The van der Waals surface area contributed by atoms with Gasteiger partial charge in [0.2, 0.25) is 5.91 Å². The molecule has 4 fully saturated rings. The Balaban J connectivity index is 1.32. The third kappa shape index (κ3) is 3.75. The summed E-state index contributed by atoms with van der Waals surface area (Å²) in [5.74, 6) is 2.65. The minimum Gasteiger partial charge on any atom is -0.383 e. The van der Waals surface area contributed by atoms with Crippen LogP contribution in [0.3, 0.4) is 0 Å². The van der Waals surface area contributed by atoms with E-state index in [0.29, 0.717) is 29.3 Å². The van der Waals surface area contributed by atoms with E-state index in [0.717, 1.165) is 37.0 Å². The number of methoxy groups -OCH3 is 1. The highest BCUT2D eigenvalue weighted by Crippen LogP contribution is 2.55. The topological polar surface area (TPSA) is 86.1 Å². The Morgan fingerprint density at radius 1 is 1.27 bits per heavy atom. The van der Waals surface area contributed by atoms with Crippen molar-refractivity contribution in [3.05, 3.63) is 28.7 Å². The number of pyridine rings is 1. The molecule has 0 atom stereocenters. The number of carbonyl (C=O) groups is 1. The van der Waals surface area contributed by atoms with Gasteiger partial charge >= 0.3 is 0 Å². The first-order chi connectivity index (χ1) is 14.5. The maximum atomic E-state index is 12.9. The summed E-state index contributed by atoms with van der Waals surface area (Å²) in [7, 11) is 1.60. The van der Waals surface area contributed by atoms with Crippen LogP contribution in [-0.2, 0) is 16.1 Å². The lowest BCUT2D eigenvalue weighted by Gasteiger charge is -2.56. The van der Waals surface area contributed by atoms with Gasteiger partial charge in [0.1, 0.15) is 0 Å². The minimum absolute atomic E-state index is 0.000476. The molecule has 0 spiro atoms. The van der Waals surface area contributed by atoms with Gasteiger partial charge in [0, 0.05) is 18.8 Å². The van der Waals surface area contributed by atoms with E-state index in [4.69, 9.17) is 4.74 Å². The number of nitrogens with one attached hydrogen (secondary N) is 1. The quantitative estimate of drug-likeness (QED) is 0.539. The number of carbonyl (C=O) groups excluding carboxylic acids is 1. The Kier molecular flexibility index (Phi) is 5.31. The zero-order valence-electron chi connectivity index (χ0n) is 17.3. The van der Waals surface area contributed by atoms with E-state index in [1.807, 2.05) is 0 Å². The predicted octanol–water partition coefficient (Wildman–Crippen LogP) is 2.62. The highest BCUT2D eigenvalue weighted by Gasteiger charge is 2.51. The van der Waals surface area contributed by atoms with E-state index < -0.39 is 0 Å². The number of hydrogen-bond acceptors (Lipinski definition) is 6. The molecule has 4 bridgehead atoms. The van der Waals surface area contributed by atoms with Crippen LogP contribution in [0.25, 0.3) is 11.0 Å². The lowest BCUT2D eigenvalue weighted by molar-refractivity contribution is -0.124. The van der Waals surface area contributed by atoms with Crippen molar-refractivity contribution < 1.29 is 9.53 Å². The second kappa shape index (κ2) is 7.96. The van der Waals surface area contributed by atoms with E-state index in [2.05, 4.69) is 15.3 Å². The zero-order chi connectivity index (χ0) is 20.7. The number of aromatic nitrogens is 3. The number of nitrogens with zero attached hydrogens (tertiary/aromatic N) is 3. The van der Waals surface area contributed by atoms with Crippen LogP contribution in [0.1, 0.15) is 38.5 Å². The Bertz CT molecular complexity index is 986. The first-order valence-corrected chi connectivity index (χ1v) is 11.8. The Hall–Kier alpha value is -1.93. The van der Waals surface area contributed by atoms with Crippen molar-refractivity contribution >= 4 is 28.7 Å². The minimum atomic E-state index is -0.144. The standard InChI is InChI=1S/C22H28N4O3S/c1-29-6-5-26-20(28)17-3-2-4-23-19(17)24-21(26)30-13-18(27)25-22-10-14-7-15(11-22)9-16(8-14)12-22/h2-4,14-16H,5-13H2,1H3,(H,25,27). The Labute approximate surface area is 180 Å². The van der Waals surface area contributed by atoms with Gasteiger partial charge in [-0.1, -0.05) is 11.8 Å². The maximum absolute atomic E-state index is 12.9. The number of rotatable bonds is 7. The van der Waals surface area contributed by atoms with Gasteiger partial charge in [0.05, 0.1) is 24.3 Å². The van der Waals surface area contributed by atoms with Crippen LogP contribution in [0, 0.1) is 17.8 Å². The van der Waals surface area contributed by atoms with Crippen molar-refractivity contribution in [3.63, 3.8) is 0 Å². The number of amides is 1. The first-order valence-electron chi connectivity index (χ1n) is 10.8. The average molecular weight is 429 g/mol. The van der Waals surface area contributed by atoms with Gasteiger partial charge < -0.3 is 10.1 Å². The summed E-state index contributed by atoms with van der Waals surface area (Å²) in [6, 6.07) is 3.47. The third-order valence-corrected chi connectivity index (χ3v) is 7.97. The molecule has 8 heteroatoms. The van der Waals surface area contributed by atoms with Crippen LogP contribution in [0.5, 0.6) is 0 Å². The molecule has 4 aliphatic rings. The molecule has 0 aromatic carbocycles. The molecule has 0 unspecified atom stereocenters. The van der Waals surface area contributed by atoms with Crippen LogP contribution in [0.15, 0.2) is 28.3 Å². The van der Waals surface area contributed by atoms with E-state index in [-0.39, 0.29) is 22.8 Å². The Morgan fingerprint density at radius 2 is 1.97 bits per heavy atom. The molecule has 1 amide bonds. The van der Waals surface area contributed by atoms with E-state index >= 15 is 0 Å². The van der Waals surface area contributed by atoms with Gasteiger partial charge in [-0.3, -0.25) is 14.2 Å². The van der Waals surface area contributed by atoms with Gasteiger partial charge in [-0.25, -0.2) is 9.97 Å². The molecule has 4 aliphatic carbocycles. The predicted molar refractivity (Wildman–Crippen MR) is 115 cm³/mol. The number of ether oxygens (including phenoxy) is 1. The van der Waals surface area contributed by atoms with E-state index in [9.17, 15) is 9.59 Å². The average Bonchev–Trinajstić information content (AvgIpc) is 2.70. The van der Waals surface area contributed by atoms with Crippen molar-refractivity contribution in [1.29, 1.82) is 0 Å². The largest absolute Gasteiger partial charge is 0.383 e. The molecular weight excluding hydrogens is 400 g/mol. The summed E-state index contributed by atoms with van der Waals surface area (Å²) < 4.78 is 6.75. The smallest absolute Gasteiger partial charge is 0.263 e. The number of fused-ring (bicyclic) bond motifs is 1. The SMILES string of the molecule is COCCn1c(SCC(=O)NC23CC4CC(CC(C4)C2)C3)nc2ncccc2c1=O. The molecule has 0 saturated heterocycles. The van der Waals surface area contributed by atoms with Crippen molar-refractivity contribution in [2.45, 2.75) is 55.8 Å². The van der Waals surface area contributed by atoms with Crippen LogP contribution in [-0.4, -0.2) is 45.5 Å². The van der Waals surface area contributed by atoms with Crippen LogP contribution in [0.2, 0.25) is 0 Å². The lowest BCUT2D eigenvalue weighted by Crippen LogP contribution is -2.60. The molecule has 2 aromatic heterocycles. The van der Waals surface area contributed by atoms with Crippen molar-refractivity contribution in [3.8, 4) is 0 Å². The molecule has 0 radical (unpaired) electrons. The summed E-state index contributed by atoms with van der Waals surface area (Å²) in [5.41, 5.74) is 0.273. The van der Waals surface area contributed by atoms with Gasteiger partial charge in [-0.05, 0) is 68.4 Å². The van der Waals surface area contributed by atoms with Crippen molar-refractivity contribution in [2.75, 3.05) is 19.5 Å². The first kappa shape index (κ1) is 20.0. The molecule has 2 heterocycles. The summed E-state index contributed by atoms with van der Waals surface area (Å²) in [6.07, 6.45) is 9.07. The summed E-state index contributed by atoms with van der Waals surface area (Å²) in [4.78, 5) is 34.6. The highest BCUT2D eigenvalue weighted by molar-refractivity contribution is 7.99. The molecule has 1 N–H and O–H groups in total. The molecule has 30 heavy (non-hydrogen) atoms. The van der Waals surface area contributed by atoms with Gasteiger partial charge in [0.15, 0.2) is 10.8 Å².